The van der Waals surface area contributed by atoms with Gasteiger partial charge in [-0.2, -0.15) is 0 Å². The lowest BCUT2D eigenvalue weighted by Crippen LogP contribution is -2.07. The SMILES string of the molecule is O=C(C=Cc1nc2ccccc2s1)Nc1cccc(Oc2ccncc2)c1. The number of carbonyl (C=O) groups excluding carboxylic acids is 1. The molecule has 1 N–H and O–H groups in total. The Morgan fingerprint density at radius 3 is 2.70 bits per heavy atom. The van der Waals surface area contributed by atoms with Crippen molar-refractivity contribution in [2.24, 2.45) is 0 Å². The number of ether oxygens (including phenoxy) is 1. The largest absolute Gasteiger partial charge is 0.457 e. The van der Waals surface area contributed by atoms with E-state index in [9.17, 15) is 4.79 Å². The molecular formula is C21H15N3O2S. The van der Waals surface area contributed by atoms with Crippen molar-refractivity contribution in [3.63, 3.8) is 0 Å². The summed E-state index contributed by atoms with van der Waals surface area (Å²) < 4.78 is 6.84. The molecule has 0 atom stereocenters. The summed E-state index contributed by atoms with van der Waals surface area (Å²) in [6, 6.07) is 18.7. The van der Waals surface area contributed by atoms with Crippen LogP contribution < -0.4 is 10.1 Å². The van der Waals surface area contributed by atoms with Gasteiger partial charge in [-0.25, -0.2) is 4.98 Å². The molecular weight excluding hydrogens is 358 g/mol. The summed E-state index contributed by atoms with van der Waals surface area (Å²) in [7, 11) is 0. The van der Waals surface area contributed by atoms with Gasteiger partial charge in [0, 0.05) is 30.2 Å². The van der Waals surface area contributed by atoms with Gasteiger partial charge in [0.15, 0.2) is 0 Å². The van der Waals surface area contributed by atoms with Crippen LogP contribution in [-0.4, -0.2) is 15.9 Å². The molecule has 132 valence electrons. The van der Waals surface area contributed by atoms with Gasteiger partial charge in [0.25, 0.3) is 0 Å². The molecule has 2 aromatic heterocycles. The van der Waals surface area contributed by atoms with Crippen LogP contribution in [-0.2, 0) is 4.79 Å². The number of amides is 1. The fraction of sp³-hybridized carbons (Fsp3) is 0. The molecule has 2 heterocycles. The summed E-state index contributed by atoms with van der Waals surface area (Å²) in [5, 5.41) is 3.62. The lowest BCUT2D eigenvalue weighted by molar-refractivity contribution is -0.111. The van der Waals surface area contributed by atoms with Crippen molar-refractivity contribution in [2.45, 2.75) is 0 Å². The van der Waals surface area contributed by atoms with Gasteiger partial charge >= 0.3 is 0 Å². The molecule has 27 heavy (non-hydrogen) atoms. The van der Waals surface area contributed by atoms with Crippen molar-refractivity contribution in [1.29, 1.82) is 0 Å². The van der Waals surface area contributed by atoms with Gasteiger partial charge in [0.1, 0.15) is 16.5 Å². The molecule has 0 aliphatic heterocycles. The highest BCUT2D eigenvalue weighted by atomic mass is 32.1. The number of fused-ring (bicyclic) bond motifs is 1. The fourth-order valence-electron chi connectivity index (χ4n) is 2.47. The van der Waals surface area contributed by atoms with E-state index in [1.165, 1.54) is 6.08 Å². The number of hydrogen-bond acceptors (Lipinski definition) is 5. The summed E-state index contributed by atoms with van der Waals surface area (Å²) >= 11 is 1.55. The Morgan fingerprint density at radius 1 is 1.00 bits per heavy atom. The van der Waals surface area contributed by atoms with Crippen LogP contribution in [0.3, 0.4) is 0 Å². The zero-order valence-corrected chi connectivity index (χ0v) is 15.0. The van der Waals surface area contributed by atoms with Gasteiger partial charge in [0.05, 0.1) is 10.2 Å². The lowest BCUT2D eigenvalue weighted by atomic mass is 10.3. The Morgan fingerprint density at radius 2 is 1.85 bits per heavy atom. The Labute approximate surface area is 160 Å². The van der Waals surface area contributed by atoms with Crippen LogP contribution in [0.4, 0.5) is 5.69 Å². The summed E-state index contributed by atoms with van der Waals surface area (Å²) in [5.74, 6) is 1.09. The molecule has 1 amide bonds. The summed E-state index contributed by atoms with van der Waals surface area (Å²) in [4.78, 5) is 20.6. The standard InChI is InChI=1S/C21H15N3O2S/c25-20(8-9-21-24-18-6-1-2-7-19(18)27-21)23-15-4-3-5-17(14-15)26-16-10-12-22-13-11-16/h1-14H,(H,23,25). The van der Waals surface area contributed by atoms with Crippen LogP contribution in [0.15, 0.2) is 79.1 Å². The van der Waals surface area contributed by atoms with Crippen LogP contribution >= 0.6 is 11.3 Å². The highest BCUT2D eigenvalue weighted by molar-refractivity contribution is 7.19. The second-order valence-electron chi connectivity index (χ2n) is 5.66. The first-order valence-corrected chi connectivity index (χ1v) is 9.10. The van der Waals surface area contributed by atoms with Gasteiger partial charge < -0.3 is 10.1 Å². The third-order valence-electron chi connectivity index (χ3n) is 3.67. The van der Waals surface area contributed by atoms with Crippen LogP contribution in [0.2, 0.25) is 0 Å². The van der Waals surface area contributed by atoms with Crippen molar-refractivity contribution >= 4 is 39.2 Å². The maximum absolute atomic E-state index is 12.2. The Bertz CT molecular complexity index is 1070. The number of anilines is 1. The number of nitrogens with zero attached hydrogens (tertiary/aromatic N) is 2. The predicted octanol–water partition coefficient (Wildman–Crippen LogP) is 5.14. The molecule has 0 saturated carbocycles. The molecule has 0 fully saturated rings. The van der Waals surface area contributed by atoms with E-state index in [2.05, 4.69) is 15.3 Å². The summed E-state index contributed by atoms with van der Waals surface area (Å²) in [6.45, 7) is 0. The Kier molecular flexibility index (Phi) is 4.89. The highest BCUT2D eigenvalue weighted by Crippen LogP contribution is 2.24. The van der Waals surface area contributed by atoms with Gasteiger partial charge in [-0.05, 0) is 42.5 Å². The van der Waals surface area contributed by atoms with E-state index in [-0.39, 0.29) is 5.91 Å². The minimum atomic E-state index is -0.227. The normalized spacial score (nSPS) is 11.0. The monoisotopic (exact) mass is 373 g/mol. The number of hydrogen-bond donors (Lipinski definition) is 1. The third-order valence-corrected chi connectivity index (χ3v) is 4.68. The van der Waals surface area contributed by atoms with Crippen molar-refractivity contribution < 1.29 is 9.53 Å². The number of rotatable bonds is 5. The number of benzene rings is 2. The van der Waals surface area contributed by atoms with E-state index < -0.39 is 0 Å². The average Bonchev–Trinajstić information content (AvgIpc) is 3.11. The van der Waals surface area contributed by atoms with Crippen LogP contribution in [0, 0.1) is 0 Å². The first-order chi connectivity index (χ1) is 13.3. The molecule has 0 unspecified atom stereocenters. The second kappa shape index (κ2) is 7.80. The average molecular weight is 373 g/mol. The summed E-state index contributed by atoms with van der Waals surface area (Å²) in [6.07, 6.45) is 6.52. The number of aromatic nitrogens is 2. The maximum Gasteiger partial charge on any atom is 0.248 e. The molecule has 0 bridgehead atoms. The number of carbonyl (C=O) groups is 1. The molecule has 0 saturated heterocycles. The van der Waals surface area contributed by atoms with Gasteiger partial charge in [-0.1, -0.05) is 18.2 Å². The molecule has 0 spiro atoms. The summed E-state index contributed by atoms with van der Waals surface area (Å²) in [5.41, 5.74) is 1.59. The van der Waals surface area contributed by atoms with E-state index in [4.69, 9.17) is 4.74 Å². The molecule has 5 nitrogen and oxygen atoms in total. The van der Waals surface area contributed by atoms with Crippen molar-refractivity contribution in [3.8, 4) is 11.5 Å². The minimum Gasteiger partial charge on any atom is -0.457 e. The van der Waals surface area contributed by atoms with E-state index in [0.29, 0.717) is 17.2 Å². The van der Waals surface area contributed by atoms with Crippen LogP contribution in [0.1, 0.15) is 5.01 Å². The predicted molar refractivity (Wildman–Crippen MR) is 108 cm³/mol. The van der Waals surface area contributed by atoms with E-state index in [0.717, 1.165) is 15.2 Å². The lowest BCUT2D eigenvalue weighted by Gasteiger charge is -2.07. The van der Waals surface area contributed by atoms with Crippen molar-refractivity contribution in [1.82, 2.24) is 9.97 Å². The molecule has 4 aromatic rings. The number of thiazole rings is 1. The smallest absolute Gasteiger partial charge is 0.248 e. The maximum atomic E-state index is 12.2. The first kappa shape index (κ1) is 16.9. The van der Waals surface area contributed by atoms with Crippen molar-refractivity contribution in [2.75, 3.05) is 5.32 Å². The molecule has 6 heteroatoms. The van der Waals surface area contributed by atoms with Gasteiger partial charge in [-0.3, -0.25) is 9.78 Å². The molecule has 0 aliphatic rings. The minimum absolute atomic E-state index is 0.227. The molecule has 2 aromatic carbocycles. The van der Waals surface area contributed by atoms with Crippen LogP contribution in [0.5, 0.6) is 11.5 Å². The van der Waals surface area contributed by atoms with E-state index in [1.807, 2.05) is 42.5 Å². The second-order valence-corrected chi connectivity index (χ2v) is 6.72. The zero-order valence-electron chi connectivity index (χ0n) is 14.2. The zero-order chi connectivity index (χ0) is 18.5. The number of pyridine rings is 1. The highest BCUT2D eigenvalue weighted by Gasteiger charge is 2.03. The fourth-order valence-corrected chi connectivity index (χ4v) is 3.34. The Balaban J connectivity index is 1.42. The van der Waals surface area contributed by atoms with Crippen LogP contribution in [0.25, 0.3) is 16.3 Å². The van der Waals surface area contributed by atoms with Gasteiger partial charge in [0.2, 0.25) is 5.91 Å². The molecule has 4 rings (SSSR count). The molecule has 0 aliphatic carbocycles. The number of nitrogens with one attached hydrogen (secondary N) is 1. The van der Waals surface area contributed by atoms with Gasteiger partial charge in [-0.15, -0.1) is 11.3 Å². The number of para-hydroxylation sites is 1. The topological polar surface area (TPSA) is 64.1 Å². The third kappa shape index (κ3) is 4.37. The Hall–Kier alpha value is -3.51. The first-order valence-electron chi connectivity index (χ1n) is 8.29. The van der Waals surface area contributed by atoms with E-state index in [1.54, 1.807) is 48.0 Å². The van der Waals surface area contributed by atoms with Crippen molar-refractivity contribution in [3.05, 3.63) is 84.1 Å². The molecule has 0 radical (unpaired) electrons. The quantitative estimate of drug-likeness (QED) is 0.492. The van der Waals surface area contributed by atoms with E-state index >= 15 is 0 Å².